The van der Waals surface area contributed by atoms with Gasteiger partial charge in [-0.1, -0.05) is 30.3 Å². The maximum atomic E-state index is 10.6. The third-order valence-corrected chi connectivity index (χ3v) is 3.36. The summed E-state index contributed by atoms with van der Waals surface area (Å²) in [6.07, 6.45) is -1.52. The second-order valence-corrected chi connectivity index (χ2v) is 4.61. The van der Waals surface area contributed by atoms with Crippen molar-refractivity contribution in [3.05, 3.63) is 51.2 Å². The van der Waals surface area contributed by atoms with Crippen molar-refractivity contribution in [3.63, 3.8) is 0 Å². The molecule has 0 unspecified atom stereocenters. The molecule has 4 atom stereocenters. The Morgan fingerprint density at radius 3 is 2.50 bits per heavy atom. The number of nitrogens with zero attached hydrogens (tertiary/aromatic N) is 1. The monoisotopic (exact) mass is 285 g/mol. The van der Waals surface area contributed by atoms with Crippen LogP contribution in [0.15, 0.2) is 30.3 Å². The van der Waals surface area contributed by atoms with Crippen molar-refractivity contribution in [3.8, 4) is 0 Å². The number of hydrogen-bond donors (Lipinski definition) is 2. The van der Waals surface area contributed by atoms with Gasteiger partial charge in [-0.15, -0.1) is 0 Å². The van der Waals surface area contributed by atoms with E-state index in [1.807, 2.05) is 30.3 Å². The van der Waals surface area contributed by atoms with Crippen LogP contribution < -0.4 is 0 Å². The first-order valence-corrected chi connectivity index (χ1v) is 5.96. The number of rotatable bonds is 1. The van der Waals surface area contributed by atoms with Crippen molar-refractivity contribution in [2.75, 3.05) is 13.2 Å². The Kier molecular flexibility index (Phi) is 4.19. The molecule has 0 amide bonds. The van der Waals surface area contributed by atoms with E-state index in [1.54, 1.807) is 0 Å². The van der Waals surface area contributed by atoms with Gasteiger partial charge in [-0.05, 0) is 5.56 Å². The van der Waals surface area contributed by atoms with Crippen molar-refractivity contribution in [1.82, 2.24) is 0 Å². The Balaban J connectivity index is 0.000000397. The van der Waals surface area contributed by atoms with Crippen LogP contribution in [-0.4, -0.2) is 46.8 Å². The summed E-state index contributed by atoms with van der Waals surface area (Å²) < 4.78 is 10.9. The van der Waals surface area contributed by atoms with Crippen LogP contribution in [-0.2, 0) is 15.1 Å². The Bertz CT molecular complexity index is 470. The Labute approximate surface area is 115 Å². The third kappa shape index (κ3) is 2.73. The summed E-state index contributed by atoms with van der Waals surface area (Å²) in [4.78, 5) is 8.25. The van der Waals surface area contributed by atoms with E-state index in [4.69, 9.17) is 24.8 Å². The fraction of sp³-hybridized carbons (Fsp3) is 0.500. The SMILES string of the molecule is O=[N+]([O-])[O-].O[C@@H]1CO[C@H]2[C@@H]1OC[C@]2(O)c1ccccc1.[H+]. The number of aliphatic hydroxyl groups is 2. The van der Waals surface area contributed by atoms with Gasteiger partial charge < -0.3 is 35.0 Å². The number of aliphatic hydroxyl groups excluding tert-OH is 1. The van der Waals surface area contributed by atoms with Crippen molar-refractivity contribution >= 4 is 0 Å². The van der Waals surface area contributed by atoms with E-state index >= 15 is 0 Å². The molecule has 2 fully saturated rings. The van der Waals surface area contributed by atoms with Gasteiger partial charge in [0.05, 0.1) is 18.3 Å². The van der Waals surface area contributed by atoms with Crippen molar-refractivity contribution in [2.24, 2.45) is 0 Å². The lowest BCUT2D eigenvalue weighted by Gasteiger charge is -2.27. The van der Waals surface area contributed by atoms with Gasteiger partial charge in [0.2, 0.25) is 0 Å². The Hall–Kier alpha value is -1.74. The average molecular weight is 285 g/mol. The maximum absolute atomic E-state index is 10.6. The second kappa shape index (κ2) is 5.71. The van der Waals surface area contributed by atoms with Crippen LogP contribution in [0.25, 0.3) is 0 Å². The largest absolute Gasteiger partial charge is 1.00 e. The van der Waals surface area contributed by atoms with Gasteiger partial charge in [-0.25, -0.2) is 0 Å². The van der Waals surface area contributed by atoms with E-state index in [9.17, 15) is 10.2 Å². The van der Waals surface area contributed by atoms with Gasteiger partial charge in [0, 0.05) is 0 Å². The zero-order valence-electron chi connectivity index (χ0n) is 11.4. The Morgan fingerprint density at radius 2 is 1.90 bits per heavy atom. The smallest absolute Gasteiger partial charge is 0.388 e. The molecule has 8 heteroatoms. The van der Waals surface area contributed by atoms with Gasteiger partial charge >= 0.3 is 1.43 Å². The highest BCUT2D eigenvalue weighted by molar-refractivity contribution is 5.27. The van der Waals surface area contributed by atoms with Gasteiger partial charge in [-0.2, -0.15) is 0 Å². The molecule has 2 N–H and O–H groups in total. The molecule has 2 heterocycles. The first-order chi connectivity index (χ1) is 9.45. The van der Waals surface area contributed by atoms with E-state index in [0.29, 0.717) is 0 Å². The van der Waals surface area contributed by atoms with Gasteiger partial charge in [0.15, 0.2) is 0 Å². The summed E-state index contributed by atoms with van der Waals surface area (Å²) in [5, 5.41) is 35.0. The van der Waals surface area contributed by atoms with Crippen molar-refractivity contribution < 1.29 is 26.2 Å². The van der Waals surface area contributed by atoms with Crippen LogP contribution in [0.4, 0.5) is 0 Å². The number of ether oxygens (including phenoxy) is 2. The normalized spacial score (nSPS) is 35.0. The molecule has 0 spiro atoms. The molecule has 20 heavy (non-hydrogen) atoms. The summed E-state index contributed by atoms with van der Waals surface area (Å²) in [7, 11) is 0. The van der Waals surface area contributed by atoms with Crippen molar-refractivity contribution in [2.45, 2.75) is 23.9 Å². The second-order valence-electron chi connectivity index (χ2n) is 4.61. The lowest BCUT2D eigenvalue weighted by atomic mass is 9.88. The molecule has 0 aliphatic carbocycles. The van der Waals surface area contributed by atoms with Gasteiger partial charge in [0.1, 0.15) is 23.9 Å². The molecule has 2 aliphatic heterocycles. The van der Waals surface area contributed by atoms with Crippen molar-refractivity contribution in [1.29, 1.82) is 0 Å². The summed E-state index contributed by atoms with van der Waals surface area (Å²) in [5.41, 5.74) is -0.361. The minimum Gasteiger partial charge on any atom is -0.388 e. The molecule has 0 bridgehead atoms. The fourth-order valence-corrected chi connectivity index (χ4v) is 2.48. The first kappa shape index (κ1) is 14.7. The summed E-state index contributed by atoms with van der Waals surface area (Å²) in [6.45, 7) is 0.397. The van der Waals surface area contributed by atoms with Crippen LogP contribution in [0.2, 0.25) is 0 Å². The third-order valence-electron chi connectivity index (χ3n) is 3.36. The lowest BCUT2D eigenvalue weighted by Crippen LogP contribution is -2.41. The molecule has 3 rings (SSSR count). The molecular formula is C12H15NO7. The van der Waals surface area contributed by atoms with Gasteiger partial charge in [0.25, 0.3) is 0 Å². The van der Waals surface area contributed by atoms with Crippen LogP contribution >= 0.6 is 0 Å². The molecule has 2 saturated heterocycles. The van der Waals surface area contributed by atoms with E-state index < -0.39 is 29.0 Å². The predicted molar refractivity (Wildman–Crippen MR) is 67.3 cm³/mol. The minimum absolute atomic E-state index is 0. The molecular weight excluding hydrogens is 270 g/mol. The Morgan fingerprint density at radius 1 is 1.30 bits per heavy atom. The molecule has 2 aliphatic rings. The highest BCUT2D eigenvalue weighted by Crippen LogP contribution is 2.40. The van der Waals surface area contributed by atoms with Gasteiger partial charge in [-0.3, -0.25) is 0 Å². The number of fused-ring (bicyclic) bond motifs is 1. The lowest BCUT2D eigenvalue weighted by molar-refractivity contribution is -0.402. The highest BCUT2D eigenvalue weighted by Gasteiger charge is 2.56. The van der Waals surface area contributed by atoms with Crippen LogP contribution in [0.1, 0.15) is 6.99 Å². The maximum Gasteiger partial charge on any atom is 1.00 e. The van der Waals surface area contributed by atoms with E-state index in [2.05, 4.69) is 0 Å². The fourth-order valence-electron chi connectivity index (χ4n) is 2.48. The predicted octanol–water partition coefficient (Wildman–Crippen LogP) is -0.0939. The number of benzene rings is 1. The summed E-state index contributed by atoms with van der Waals surface area (Å²) >= 11 is 0. The zero-order valence-corrected chi connectivity index (χ0v) is 10.4. The molecule has 110 valence electrons. The number of hydrogen-bond acceptors (Lipinski definition) is 7. The van der Waals surface area contributed by atoms with Crippen LogP contribution in [0.3, 0.4) is 0 Å². The molecule has 8 nitrogen and oxygen atoms in total. The highest BCUT2D eigenvalue weighted by atomic mass is 16.9. The average Bonchev–Trinajstić information content (AvgIpc) is 2.94. The topological polar surface area (TPSA) is 125 Å². The van der Waals surface area contributed by atoms with Crippen LogP contribution in [0.5, 0.6) is 0 Å². The summed E-state index contributed by atoms with van der Waals surface area (Å²) in [5.74, 6) is 0. The molecule has 0 aromatic heterocycles. The molecule has 0 saturated carbocycles. The molecule has 0 radical (unpaired) electrons. The van der Waals surface area contributed by atoms with E-state index in [-0.39, 0.29) is 14.6 Å². The van der Waals surface area contributed by atoms with E-state index in [1.165, 1.54) is 0 Å². The standard InChI is InChI=1S/C12H14O4.NO3/c13-9-6-15-11-10(9)16-7-12(11,14)8-4-2-1-3-5-8;2-1(3)4/h1-5,9-11,13-14H,6-7H2;/q;-1/p+1/t9-,10-,11+,12+;/m1./s1. The first-order valence-electron chi connectivity index (χ1n) is 5.96. The summed E-state index contributed by atoms with van der Waals surface area (Å²) in [6, 6.07) is 9.32. The van der Waals surface area contributed by atoms with E-state index in [0.717, 1.165) is 5.56 Å². The quantitative estimate of drug-likeness (QED) is 0.545. The minimum atomic E-state index is -1.75. The zero-order chi connectivity index (χ0) is 14.8. The molecule has 1 aromatic carbocycles. The molecule has 1 aromatic rings. The van der Waals surface area contributed by atoms with Crippen LogP contribution in [0, 0.1) is 15.3 Å².